The molecule has 14 heteroatoms. The van der Waals surface area contributed by atoms with Crippen LogP contribution in [0.2, 0.25) is 0 Å². The zero-order chi connectivity index (χ0) is 64.2. The molecule has 0 heterocycles. The fourth-order valence-electron chi connectivity index (χ4n) is 15.8. The average Bonchev–Trinajstić information content (AvgIpc) is 1.51. The largest absolute Gasteiger partial charge is 0.462 e. The van der Waals surface area contributed by atoms with Crippen molar-refractivity contribution in [2.24, 2.45) is 74.4 Å². The van der Waals surface area contributed by atoms with Gasteiger partial charge in [0.25, 0.3) is 0 Å². The summed E-state index contributed by atoms with van der Waals surface area (Å²) in [5, 5.41) is 0. The summed E-state index contributed by atoms with van der Waals surface area (Å²) in [5.74, 6) is 4.80. The summed E-state index contributed by atoms with van der Waals surface area (Å²) >= 11 is 0. The Kier molecular flexibility index (Phi) is 25.8. The summed E-state index contributed by atoms with van der Waals surface area (Å²) < 4.78 is 38.5. The molecular formula is C73H122O14. The SMILES string of the molecule is CCC(C)(C)C(=O)OC12CC3CC(CC(C3)C1)C2.CCC(C)(C)C(=O)OC1CC2CCC1C2.CCC(C)(C)C(=O)OC1CCCCC1.CCC(C)(C)C(=O)OCC(=O)OC12CC3CC(CC(C3)C1)C2.CCC(C)(C)C(=O)OCC(=O)OC1CCCCC1. The molecule has 0 N–H and O–H groups in total. The number of carbonyl (C=O) groups is 7. The molecule has 0 aromatic carbocycles. The molecule has 87 heavy (non-hydrogen) atoms. The number of hydrogen-bond donors (Lipinski definition) is 0. The Hall–Kier alpha value is -3.71. The molecule has 0 spiro atoms. The number of esters is 7. The van der Waals surface area contributed by atoms with E-state index in [2.05, 4.69) is 6.92 Å². The molecule has 3 atom stereocenters. The van der Waals surface area contributed by atoms with Crippen molar-refractivity contribution in [1.82, 2.24) is 0 Å². The number of hydrogen-bond acceptors (Lipinski definition) is 14. The van der Waals surface area contributed by atoms with E-state index in [-0.39, 0.29) is 94.8 Å². The lowest BCUT2D eigenvalue weighted by atomic mass is 9.54. The van der Waals surface area contributed by atoms with Gasteiger partial charge < -0.3 is 33.2 Å². The van der Waals surface area contributed by atoms with Crippen LogP contribution in [-0.2, 0) is 66.7 Å². The summed E-state index contributed by atoms with van der Waals surface area (Å²) in [7, 11) is 0. The highest BCUT2D eigenvalue weighted by Gasteiger charge is 2.55. The number of ether oxygens (including phenoxy) is 7. The second kappa shape index (κ2) is 31.1. The van der Waals surface area contributed by atoms with Gasteiger partial charge in [-0.25, -0.2) is 9.59 Å². The molecule has 498 valence electrons. The van der Waals surface area contributed by atoms with Crippen LogP contribution in [0.3, 0.4) is 0 Å². The molecule has 12 rings (SSSR count). The van der Waals surface area contributed by atoms with Crippen molar-refractivity contribution in [3.8, 4) is 0 Å². The summed E-state index contributed by atoms with van der Waals surface area (Å²) in [6, 6.07) is 0. The van der Waals surface area contributed by atoms with Crippen LogP contribution in [0.25, 0.3) is 0 Å². The molecule has 0 saturated heterocycles. The van der Waals surface area contributed by atoms with Gasteiger partial charge in [0, 0.05) is 0 Å². The van der Waals surface area contributed by atoms with Crippen LogP contribution in [0, 0.1) is 74.4 Å². The average molecular weight is 1220 g/mol. The van der Waals surface area contributed by atoms with E-state index >= 15 is 0 Å². The van der Waals surface area contributed by atoms with Gasteiger partial charge >= 0.3 is 41.8 Å². The fraction of sp³-hybridized carbons (Fsp3) is 0.904. The van der Waals surface area contributed by atoms with Gasteiger partial charge in [0.05, 0.1) is 27.1 Å². The van der Waals surface area contributed by atoms with Crippen LogP contribution in [0.4, 0.5) is 0 Å². The van der Waals surface area contributed by atoms with Crippen LogP contribution in [-0.4, -0.2) is 84.5 Å². The molecule has 0 aromatic rings. The standard InChI is InChI=1S/C18H28O4.C16H26O2.C14H24O4.C13H22O2.C12H22O2/c1-4-17(2,3)16(20)21-11-15(19)22-18-8-12-5-13(9-18)7-14(6-12)10-18;1-4-15(2,3)14(17)18-16-8-11-5-12(9-16)7-13(6-11)10-16;1-4-14(2,3)13(16)17-10-12(15)18-11-8-6-5-7-9-11;1-4-13(2,3)12(14)15-11-8-9-5-6-10(11)7-9;1-4-12(2,3)11(13)14-10-8-6-5-7-9-10/h12-14H,4-11H2,1-3H3;11-13H,4-10H2,1-3H3;11H,4-10H2,1-3H3;9-11H,4-8H2,1-3H3;10H,4-9H2,1-3H3. The van der Waals surface area contributed by atoms with Crippen LogP contribution in [0.15, 0.2) is 0 Å². The zero-order valence-corrected chi connectivity index (χ0v) is 57.4. The molecule has 0 amide bonds. The summed E-state index contributed by atoms with van der Waals surface area (Å²) in [4.78, 5) is 83.3. The van der Waals surface area contributed by atoms with Gasteiger partial charge in [-0.1, -0.05) is 47.5 Å². The minimum Gasteiger partial charge on any atom is -0.462 e. The smallest absolute Gasteiger partial charge is 0.344 e. The van der Waals surface area contributed by atoms with E-state index in [4.69, 9.17) is 33.2 Å². The van der Waals surface area contributed by atoms with E-state index in [0.717, 1.165) is 144 Å². The molecule has 12 fully saturated rings. The Balaban J connectivity index is 0.000000175. The minimum atomic E-state index is -0.541. The van der Waals surface area contributed by atoms with Gasteiger partial charge in [-0.3, -0.25) is 24.0 Å². The normalized spacial score (nSPS) is 30.5. The molecular weight excluding hydrogens is 1100 g/mol. The third kappa shape index (κ3) is 20.6. The van der Waals surface area contributed by atoms with Crippen LogP contribution < -0.4 is 0 Å². The van der Waals surface area contributed by atoms with Crippen LogP contribution in [0.1, 0.15) is 303 Å². The van der Waals surface area contributed by atoms with Gasteiger partial charge in [-0.05, 0) is 303 Å². The first-order valence-corrected chi connectivity index (χ1v) is 35.2. The lowest BCUT2D eigenvalue weighted by molar-refractivity contribution is -0.196. The second-order valence-electron chi connectivity index (χ2n) is 32.4. The summed E-state index contributed by atoms with van der Waals surface area (Å²) in [5.41, 5.74) is -2.33. The van der Waals surface area contributed by atoms with Gasteiger partial charge in [0.2, 0.25) is 0 Å². The molecule has 0 aliphatic heterocycles. The lowest BCUT2D eigenvalue weighted by Crippen LogP contribution is -2.53. The third-order valence-corrected chi connectivity index (χ3v) is 23.0. The van der Waals surface area contributed by atoms with E-state index in [1.807, 2.05) is 96.9 Å². The van der Waals surface area contributed by atoms with Crippen molar-refractivity contribution in [2.75, 3.05) is 13.2 Å². The highest BCUT2D eigenvalue weighted by molar-refractivity contribution is 5.81. The van der Waals surface area contributed by atoms with E-state index in [9.17, 15) is 33.6 Å². The van der Waals surface area contributed by atoms with Crippen molar-refractivity contribution in [1.29, 1.82) is 0 Å². The van der Waals surface area contributed by atoms with E-state index in [1.54, 1.807) is 0 Å². The zero-order valence-electron chi connectivity index (χ0n) is 57.4. The first kappa shape index (κ1) is 72.4. The van der Waals surface area contributed by atoms with Gasteiger partial charge in [-0.2, -0.15) is 0 Å². The third-order valence-electron chi connectivity index (χ3n) is 23.0. The molecule has 12 aliphatic rings. The Bertz CT molecular complexity index is 2210. The highest BCUT2D eigenvalue weighted by Crippen LogP contribution is 2.59. The summed E-state index contributed by atoms with van der Waals surface area (Å²) in [6.07, 6.45) is 35.2. The first-order chi connectivity index (χ1) is 40.8. The molecule has 14 nitrogen and oxygen atoms in total. The maximum atomic E-state index is 12.4. The predicted molar refractivity (Wildman–Crippen MR) is 338 cm³/mol. The van der Waals surface area contributed by atoms with E-state index < -0.39 is 16.8 Å². The lowest BCUT2D eigenvalue weighted by Gasteiger charge is -2.56. The molecule has 0 radical (unpaired) electrons. The Morgan fingerprint density at radius 1 is 0.333 bits per heavy atom. The van der Waals surface area contributed by atoms with Gasteiger partial charge in [-0.15, -0.1) is 0 Å². The molecule has 3 unspecified atom stereocenters. The second-order valence-corrected chi connectivity index (χ2v) is 32.4. The first-order valence-electron chi connectivity index (χ1n) is 35.2. The predicted octanol–water partition coefficient (Wildman–Crippen LogP) is 16.7. The van der Waals surface area contributed by atoms with Crippen molar-refractivity contribution in [2.45, 2.75) is 332 Å². The number of carbonyl (C=O) groups excluding carboxylic acids is 7. The highest BCUT2D eigenvalue weighted by atomic mass is 16.6. The monoisotopic (exact) mass is 1220 g/mol. The number of fused-ring (bicyclic) bond motifs is 2. The molecule has 10 bridgehead atoms. The van der Waals surface area contributed by atoms with Crippen LogP contribution in [0.5, 0.6) is 0 Å². The Labute approximate surface area is 526 Å². The topological polar surface area (TPSA) is 184 Å². The van der Waals surface area contributed by atoms with Crippen molar-refractivity contribution < 1.29 is 66.7 Å². The Morgan fingerprint density at radius 2 is 0.667 bits per heavy atom. The van der Waals surface area contributed by atoms with Crippen molar-refractivity contribution in [3.05, 3.63) is 0 Å². The molecule has 12 saturated carbocycles. The summed E-state index contributed by atoms with van der Waals surface area (Å²) in [6.45, 7) is 28.7. The molecule has 0 aromatic heterocycles. The van der Waals surface area contributed by atoms with E-state index in [0.29, 0.717) is 18.8 Å². The quantitative estimate of drug-likeness (QED) is 0.0879. The van der Waals surface area contributed by atoms with Crippen molar-refractivity contribution >= 4 is 41.8 Å². The minimum absolute atomic E-state index is 0.00236. The molecule has 12 aliphatic carbocycles. The number of rotatable bonds is 19. The van der Waals surface area contributed by atoms with Gasteiger partial charge in [0.1, 0.15) is 29.5 Å². The maximum absolute atomic E-state index is 12.4. The fourth-order valence-corrected chi connectivity index (χ4v) is 15.8. The van der Waals surface area contributed by atoms with Gasteiger partial charge in [0.15, 0.2) is 13.2 Å². The van der Waals surface area contributed by atoms with Crippen molar-refractivity contribution in [3.63, 3.8) is 0 Å². The Morgan fingerprint density at radius 3 is 1.02 bits per heavy atom. The maximum Gasteiger partial charge on any atom is 0.344 e. The van der Waals surface area contributed by atoms with Crippen LogP contribution >= 0.6 is 0 Å². The van der Waals surface area contributed by atoms with E-state index in [1.165, 1.54) is 83.5 Å².